The third kappa shape index (κ3) is 1.86. The molecule has 0 radical (unpaired) electrons. The van der Waals surface area contributed by atoms with Crippen molar-refractivity contribution >= 4 is 0 Å². The summed E-state index contributed by atoms with van der Waals surface area (Å²) in [7, 11) is 0. The third-order valence-electron chi connectivity index (χ3n) is 3.83. The number of nitrogens with zero attached hydrogens (tertiary/aromatic N) is 3. The van der Waals surface area contributed by atoms with Gasteiger partial charge in [0.05, 0.1) is 0 Å². The molecule has 4 heteroatoms. The van der Waals surface area contributed by atoms with E-state index in [0.29, 0.717) is 5.92 Å². The van der Waals surface area contributed by atoms with E-state index >= 15 is 0 Å². The molecule has 0 saturated carbocycles. The second-order valence-electron chi connectivity index (χ2n) is 5.22. The topological polar surface area (TPSA) is 42.7 Å². The molecule has 4 nitrogen and oxygen atoms in total. The smallest absolute Gasteiger partial charge is 0.151 e. The number of hydrogen-bond donors (Lipinski definition) is 1. The molecule has 1 fully saturated rings. The lowest BCUT2D eigenvalue weighted by Gasteiger charge is -2.17. The van der Waals surface area contributed by atoms with Crippen molar-refractivity contribution in [2.24, 2.45) is 5.92 Å². The molecule has 88 valence electrons. The van der Waals surface area contributed by atoms with E-state index in [1.165, 1.54) is 25.1 Å². The molecule has 2 atom stereocenters. The molecule has 1 aromatic rings. The number of aryl methyl sites for hydroxylation is 1. The third-order valence-corrected chi connectivity index (χ3v) is 3.83. The predicted molar refractivity (Wildman–Crippen MR) is 62.4 cm³/mol. The van der Waals surface area contributed by atoms with Crippen LogP contribution in [0.1, 0.15) is 43.8 Å². The highest BCUT2D eigenvalue weighted by molar-refractivity contribution is 5.02. The lowest BCUT2D eigenvalue weighted by atomic mass is 10.0. The van der Waals surface area contributed by atoms with Crippen molar-refractivity contribution in [1.29, 1.82) is 0 Å². The van der Waals surface area contributed by atoms with Gasteiger partial charge in [-0.3, -0.25) is 0 Å². The van der Waals surface area contributed by atoms with Crippen molar-refractivity contribution in [1.82, 2.24) is 20.1 Å². The lowest BCUT2D eigenvalue weighted by molar-refractivity contribution is 0.430. The first-order valence-corrected chi connectivity index (χ1v) is 6.47. The highest BCUT2D eigenvalue weighted by Crippen LogP contribution is 2.25. The Morgan fingerprint density at radius 1 is 1.44 bits per heavy atom. The fraction of sp³-hybridized carbons (Fsp3) is 0.833. The van der Waals surface area contributed by atoms with Crippen LogP contribution in [-0.2, 0) is 13.0 Å². The van der Waals surface area contributed by atoms with Gasteiger partial charge in [-0.25, -0.2) is 9.67 Å². The van der Waals surface area contributed by atoms with Crippen LogP contribution in [0.5, 0.6) is 0 Å². The van der Waals surface area contributed by atoms with E-state index < -0.39 is 0 Å². The van der Waals surface area contributed by atoms with Gasteiger partial charge in [0.15, 0.2) is 5.82 Å². The first-order valence-electron chi connectivity index (χ1n) is 6.47. The molecule has 1 saturated heterocycles. The van der Waals surface area contributed by atoms with Gasteiger partial charge in [0.25, 0.3) is 0 Å². The molecule has 1 N–H and O–H groups in total. The summed E-state index contributed by atoms with van der Waals surface area (Å²) < 4.78 is 2.13. The van der Waals surface area contributed by atoms with Crippen molar-refractivity contribution in [2.45, 2.75) is 45.1 Å². The zero-order valence-electron chi connectivity index (χ0n) is 9.95. The molecule has 1 aromatic heterocycles. The summed E-state index contributed by atoms with van der Waals surface area (Å²) in [5, 5.41) is 8.04. The maximum atomic E-state index is 4.72. The standard InChI is InChI=1S/C12H20N4/c1-9-3-2-6-16-12(9)14-11(15-16)7-10-4-5-13-8-10/h9-10,13H,2-8H2,1H3. The van der Waals surface area contributed by atoms with Gasteiger partial charge in [0.1, 0.15) is 5.82 Å². The molecule has 3 rings (SSSR count). The molecule has 0 aliphatic carbocycles. The molecule has 2 aliphatic rings. The molecule has 2 unspecified atom stereocenters. The van der Waals surface area contributed by atoms with Crippen molar-refractivity contribution in [3.63, 3.8) is 0 Å². The van der Waals surface area contributed by atoms with Gasteiger partial charge in [-0.1, -0.05) is 6.92 Å². The van der Waals surface area contributed by atoms with E-state index in [-0.39, 0.29) is 0 Å². The summed E-state index contributed by atoms with van der Waals surface area (Å²) in [6, 6.07) is 0. The molecule has 16 heavy (non-hydrogen) atoms. The van der Waals surface area contributed by atoms with E-state index in [2.05, 4.69) is 22.0 Å². The Kier molecular flexibility index (Phi) is 2.67. The van der Waals surface area contributed by atoms with Gasteiger partial charge in [-0.2, -0.15) is 5.10 Å². The molecule has 0 amide bonds. The Labute approximate surface area is 96.4 Å². The van der Waals surface area contributed by atoms with Gasteiger partial charge < -0.3 is 5.32 Å². The van der Waals surface area contributed by atoms with Gasteiger partial charge >= 0.3 is 0 Å². The van der Waals surface area contributed by atoms with Crippen molar-refractivity contribution in [3.8, 4) is 0 Å². The predicted octanol–water partition coefficient (Wildman–Crippen LogP) is 1.33. The average molecular weight is 220 g/mol. The maximum absolute atomic E-state index is 4.72. The van der Waals surface area contributed by atoms with Crippen LogP contribution in [0.15, 0.2) is 0 Å². The Morgan fingerprint density at radius 3 is 3.12 bits per heavy atom. The normalized spacial score (nSPS) is 29.3. The monoisotopic (exact) mass is 220 g/mol. The minimum absolute atomic E-state index is 0.594. The Morgan fingerprint density at radius 2 is 2.38 bits per heavy atom. The number of rotatable bonds is 2. The van der Waals surface area contributed by atoms with Gasteiger partial charge in [-0.15, -0.1) is 0 Å². The average Bonchev–Trinajstić information content (AvgIpc) is 2.88. The largest absolute Gasteiger partial charge is 0.316 e. The molecule has 2 aliphatic heterocycles. The van der Waals surface area contributed by atoms with Crippen LogP contribution in [0.4, 0.5) is 0 Å². The molecule has 3 heterocycles. The highest BCUT2D eigenvalue weighted by atomic mass is 15.4. The summed E-state index contributed by atoms with van der Waals surface area (Å²) in [6.45, 7) is 5.63. The highest BCUT2D eigenvalue weighted by Gasteiger charge is 2.23. The van der Waals surface area contributed by atoms with Crippen molar-refractivity contribution in [2.75, 3.05) is 13.1 Å². The van der Waals surface area contributed by atoms with Crippen LogP contribution in [0.3, 0.4) is 0 Å². The second-order valence-corrected chi connectivity index (χ2v) is 5.22. The number of fused-ring (bicyclic) bond motifs is 1. The van der Waals surface area contributed by atoms with Gasteiger partial charge in [-0.05, 0) is 38.3 Å². The van der Waals surface area contributed by atoms with E-state index in [1.54, 1.807) is 0 Å². The molecular weight excluding hydrogens is 200 g/mol. The van der Waals surface area contributed by atoms with Crippen LogP contribution in [-0.4, -0.2) is 27.9 Å². The van der Waals surface area contributed by atoms with Gasteiger partial charge in [0, 0.05) is 18.9 Å². The number of hydrogen-bond acceptors (Lipinski definition) is 3. The van der Waals surface area contributed by atoms with E-state index in [4.69, 9.17) is 4.98 Å². The Hall–Kier alpha value is -0.900. The SMILES string of the molecule is CC1CCCn2nc(CC3CCNC3)nc21. The first-order chi connectivity index (χ1) is 7.83. The molecular formula is C12H20N4. The van der Waals surface area contributed by atoms with Crippen LogP contribution in [0.2, 0.25) is 0 Å². The van der Waals surface area contributed by atoms with E-state index in [0.717, 1.165) is 37.8 Å². The summed E-state index contributed by atoms with van der Waals surface area (Å²) in [5.41, 5.74) is 0. The van der Waals surface area contributed by atoms with Crippen LogP contribution >= 0.6 is 0 Å². The maximum Gasteiger partial charge on any atom is 0.151 e. The van der Waals surface area contributed by atoms with Crippen LogP contribution in [0, 0.1) is 5.92 Å². The van der Waals surface area contributed by atoms with E-state index in [1.807, 2.05) is 0 Å². The van der Waals surface area contributed by atoms with Crippen molar-refractivity contribution < 1.29 is 0 Å². The summed E-state index contributed by atoms with van der Waals surface area (Å²) >= 11 is 0. The first kappa shape index (κ1) is 10.3. The van der Waals surface area contributed by atoms with E-state index in [9.17, 15) is 0 Å². The summed E-state index contributed by atoms with van der Waals surface area (Å²) in [6.07, 6.45) is 4.85. The zero-order chi connectivity index (χ0) is 11.0. The lowest BCUT2D eigenvalue weighted by Crippen LogP contribution is -2.14. The summed E-state index contributed by atoms with van der Waals surface area (Å²) in [5.74, 6) is 3.63. The van der Waals surface area contributed by atoms with Crippen LogP contribution in [0.25, 0.3) is 0 Å². The van der Waals surface area contributed by atoms with Crippen LogP contribution < -0.4 is 5.32 Å². The summed E-state index contributed by atoms with van der Waals surface area (Å²) in [4.78, 5) is 4.72. The second kappa shape index (κ2) is 4.17. The molecule has 0 spiro atoms. The van der Waals surface area contributed by atoms with Gasteiger partial charge in [0.2, 0.25) is 0 Å². The minimum atomic E-state index is 0.594. The molecule has 0 bridgehead atoms. The fourth-order valence-electron chi connectivity index (χ4n) is 2.84. The fourth-order valence-corrected chi connectivity index (χ4v) is 2.84. The number of nitrogens with one attached hydrogen (secondary N) is 1. The Balaban J connectivity index is 1.75. The quantitative estimate of drug-likeness (QED) is 0.817. The zero-order valence-corrected chi connectivity index (χ0v) is 9.95. The van der Waals surface area contributed by atoms with Crippen molar-refractivity contribution in [3.05, 3.63) is 11.6 Å². The minimum Gasteiger partial charge on any atom is -0.316 e. The Bertz CT molecular complexity index is 365. The number of aromatic nitrogens is 3. The molecule has 0 aromatic carbocycles.